The molecule has 2 saturated carbocycles. The number of anilines is 1. The minimum absolute atomic E-state index is 0.0492. The summed E-state index contributed by atoms with van der Waals surface area (Å²) in [5, 5.41) is 18.9. The number of benzene rings is 1. The molecule has 4 bridgehead atoms. The van der Waals surface area contributed by atoms with Crippen LogP contribution < -0.4 is 9.64 Å². The van der Waals surface area contributed by atoms with E-state index >= 15 is 0 Å². The zero-order valence-electron chi connectivity index (χ0n) is 23.3. The molecule has 2 unspecified atom stereocenters. The average Bonchev–Trinajstić information content (AvgIpc) is 3.42. The Balaban J connectivity index is 1.28. The first-order chi connectivity index (χ1) is 19.4. The molecule has 218 valence electrons. The topological polar surface area (TPSA) is 111 Å². The molecule has 6 rings (SSSR count). The number of amides is 2. The van der Waals surface area contributed by atoms with Crippen molar-refractivity contribution >= 4 is 23.7 Å². The van der Waals surface area contributed by atoms with Crippen LogP contribution in [-0.2, 0) is 9.59 Å². The van der Waals surface area contributed by atoms with Crippen molar-refractivity contribution in [1.82, 2.24) is 9.80 Å². The molecule has 0 aromatic heterocycles. The van der Waals surface area contributed by atoms with Gasteiger partial charge in [-0.3, -0.25) is 9.80 Å². The molecule has 40 heavy (non-hydrogen) atoms. The molecule has 9 heteroatoms. The molecule has 0 radical (unpaired) electrons. The Morgan fingerprint density at radius 3 is 2.23 bits per heavy atom. The highest BCUT2D eigenvalue weighted by molar-refractivity contribution is 5.95. The summed E-state index contributed by atoms with van der Waals surface area (Å²) in [4.78, 5) is 43.5. The van der Waals surface area contributed by atoms with Gasteiger partial charge in [0.1, 0.15) is 11.8 Å². The normalized spacial score (nSPS) is 33.8. The van der Waals surface area contributed by atoms with Gasteiger partial charge in [0.05, 0.1) is 0 Å². The van der Waals surface area contributed by atoms with Gasteiger partial charge in [0, 0.05) is 42.5 Å². The second-order valence-corrected chi connectivity index (χ2v) is 12.9. The van der Waals surface area contributed by atoms with Crippen molar-refractivity contribution in [3.8, 4) is 5.75 Å². The molecule has 9 nitrogen and oxygen atoms in total. The highest BCUT2D eigenvalue weighted by Crippen LogP contribution is 2.47. The zero-order valence-corrected chi connectivity index (χ0v) is 23.3. The van der Waals surface area contributed by atoms with Crippen LogP contribution in [0, 0.1) is 11.8 Å². The number of aliphatic carboxylic acids is 2. The van der Waals surface area contributed by atoms with E-state index in [0.717, 1.165) is 37.5 Å². The van der Waals surface area contributed by atoms with Crippen molar-refractivity contribution in [3.63, 3.8) is 0 Å². The SMILES string of the molecule is O=C(O)COc1cccc(N(C(=O)N2CCC[C@@H]2C(=O)O)C2C[C@H]3CCC[C@@H](C2)N3C2C[C@H]3CCC[C@@H](C2)C3)c1. The molecule has 3 saturated heterocycles. The number of ether oxygens (including phenoxy) is 1. The number of carboxylic acids is 2. The van der Waals surface area contributed by atoms with Gasteiger partial charge in [-0.25, -0.2) is 14.4 Å². The fraction of sp³-hybridized carbons (Fsp3) is 0.710. The summed E-state index contributed by atoms with van der Waals surface area (Å²) in [6.07, 6.45) is 14.6. The van der Waals surface area contributed by atoms with E-state index < -0.39 is 24.6 Å². The maximum absolute atomic E-state index is 14.2. The van der Waals surface area contributed by atoms with E-state index in [9.17, 15) is 19.5 Å². The molecule has 2 amide bonds. The molecule has 2 N–H and O–H groups in total. The maximum Gasteiger partial charge on any atom is 0.341 e. The van der Waals surface area contributed by atoms with Gasteiger partial charge in [-0.15, -0.1) is 0 Å². The van der Waals surface area contributed by atoms with Crippen molar-refractivity contribution < 1.29 is 29.3 Å². The van der Waals surface area contributed by atoms with Crippen molar-refractivity contribution in [2.24, 2.45) is 11.8 Å². The molecular formula is C31H43N3O6. The standard InChI is InChI=1S/C31H43N3O6/c35-29(36)19-40-27-10-3-9-24(18-27)34(31(39)32-12-4-11-28(32)30(37)38)26-16-22-7-2-8-23(17-26)33(22)25-14-20-5-1-6-21(13-20)15-25/h3,9-10,18,20-23,25-26,28H,1-2,4-8,11-17,19H2,(H,35,36)(H,37,38)/t20-,21+,22-,23+,25?,26?,28-/m1/s1. The van der Waals surface area contributed by atoms with Crippen LogP contribution in [0.25, 0.3) is 0 Å². The minimum Gasteiger partial charge on any atom is -0.482 e. The summed E-state index contributed by atoms with van der Waals surface area (Å²) in [5.41, 5.74) is 0.646. The van der Waals surface area contributed by atoms with E-state index in [1.165, 1.54) is 49.8 Å². The highest BCUT2D eigenvalue weighted by atomic mass is 16.5. The van der Waals surface area contributed by atoms with Crippen LogP contribution in [0.4, 0.5) is 10.5 Å². The molecule has 1 aromatic carbocycles. The number of carboxylic acid groups (broad SMARTS) is 2. The van der Waals surface area contributed by atoms with Crippen LogP contribution in [0.5, 0.6) is 5.75 Å². The van der Waals surface area contributed by atoms with Crippen LogP contribution in [0.3, 0.4) is 0 Å². The molecule has 0 spiro atoms. The number of piperidine rings is 2. The maximum atomic E-state index is 14.2. The van der Waals surface area contributed by atoms with E-state index in [0.29, 0.717) is 48.9 Å². The summed E-state index contributed by atoms with van der Waals surface area (Å²) in [6, 6.07) is 7.45. The largest absolute Gasteiger partial charge is 0.482 e. The number of hydrogen-bond donors (Lipinski definition) is 2. The van der Waals surface area contributed by atoms with Gasteiger partial charge < -0.3 is 19.8 Å². The van der Waals surface area contributed by atoms with Gasteiger partial charge in [0.15, 0.2) is 6.61 Å². The molecule has 3 heterocycles. The van der Waals surface area contributed by atoms with Crippen molar-refractivity contribution in [2.45, 2.75) is 114 Å². The van der Waals surface area contributed by atoms with Crippen LogP contribution in [-0.4, -0.2) is 81.3 Å². The van der Waals surface area contributed by atoms with Gasteiger partial charge >= 0.3 is 18.0 Å². The third-order valence-corrected chi connectivity index (χ3v) is 10.3. The lowest BCUT2D eigenvalue weighted by Crippen LogP contribution is -2.63. The quantitative estimate of drug-likeness (QED) is 0.490. The highest BCUT2D eigenvalue weighted by Gasteiger charge is 2.48. The monoisotopic (exact) mass is 553 g/mol. The number of carbonyl (C=O) groups is 3. The molecule has 3 aliphatic heterocycles. The van der Waals surface area contributed by atoms with Gasteiger partial charge in [-0.1, -0.05) is 31.7 Å². The van der Waals surface area contributed by atoms with Crippen LogP contribution in [0.15, 0.2) is 24.3 Å². The number of nitrogens with zero attached hydrogens (tertiary/aromatic N) is 3. The number of likely N-dealkylation sites (tertiary alicyclic amines) is 1. The Labute approximate surface area is 236 Å². The lowest BCUT2D eigenvalue weighted by atomic mass is 9.68. The van der Waals surface area contributed by atoms with Crippen molar-refractivity contribution in [1.29, 1.82) is 0 Å². The fourth-order valence-electron chi connectivity index (χ4n) is 8.87. The summed E-state index contributed by atoms with van der Waals surface area (Å²) in [6.45, 7) is -0.0332. The molecule has 2 aliphatic carbocycles. The molecule has 1 aromatic rings. The first kappa shape index (κ1) is 27.4. The Morgan fingerprint density at radius 2 is 1.55 bits per heavy atom. The molecule has 7 atom stereocenters. The van der Waals surface area contributed by atoms with Gasteiger partial charge in [-0.05, 0) is 81.8 Å². The predicted octanol–water partition coefficient (Wildman–Crippen LogP) is 4.98. The van der Waals surface area contributed by atoms with E-state index in [1.54, 1.807) is 18.2 Å². The number of hydrogen-bond acceptors (Lipinski definition) is 5. The third kappa shape index (κ3) is 5.54. The van der Waals surface area contributed by atoms with Gasteiger partial charge in [0.25, 0.3) is 0 Å². The Morgan fingerprint density at radius 1 is 0.850 bits per heavy atom. The average molecular weight is 554 g/mol. The number of rotatable bonds is 7. The molecule has 5 fully saturated rings. The van der Waals surface area contributed by atoms with Crippen molar-refractivity contribution in [3.05, 3.63) is 24.3 Å². The van der Waals surface area contributed by atoms with E-state index in [-0.39, 0.29) is 12.1 Å². The second kappa shape index (κ2) is 11.6. The summed E-state index contributed by atoms with van der Waals surface area (Å²) in [7, 11) is 0. The summed E-state index contributed by atoms with van der Waals surface area (Å²) in [5.74, 6) is 0.0993. The predicted molar refractivity (Wildman–Crippen MR) is 150 cm³/mol. The van der Waals surface area contributed by atoms with Crippen molar-refractivity contribution in [2.75, 3.05) is 18.1 Å². The third-order valence-electron chi connectivity index (χ3n) is 10.3. The first-order valence-corrected chi connectivity index (χ1v) is 15.4. The van der Waals surface area contributed by atoms with Gasteiger partial charge in [0.2, 0.25) is 0 Å². The minimum atomic E-state index is -1.06. The molecule has 5 aliphatic rings. The van der Waals surface area contributed by atoms with Crippen LogP contribution in [0.2, 0.25) is 0 Å². The lowest BCUT2D eigenvalue weighted by molar-refractivity contribution is -0.141. The number of fused-ring (bicyclic) bond motifs is 4. The number of urea groups is 1. The Bertz CT molecular complexity index is 1090. The van der Waals surface area contributed by atoms with Crippen LogP contribution >= 0.6 is 0 Å². The molecular weight excluding hydrogens is 510 g/mol. The smallest absolute Gasteiger partial charge is 0.341 e. The van der Waals surface area contributed by atoms with E-state index in [1.807, 2.05) is 11.0 Å². The Hall–Kier alpha value is -2.81. The lowest BCUT2D eigenvalue weighted by Gasteiger charge is -2.56. The Kier molecular flexibility index (Phi) is 7.93. The van der Waals surface area contributed by atoms with Gasteiger partial charge in [-0.2, -0.15) is 0 Å². The first-order valence-electron chi connectivity index (χ1n) is 15.4. The van der Waals surface area contributed by atoms with E-state index in [2.05, 4.69) is 4.90 Å². The fourth-order valence-corrected chi connectivity index (χ4v) is 8.87. The summed E-state index contributed by atoms with van der Waals surface area (Å²) >= 11 is 0. The zero-order chi connectivity index (χ0) is 27.8. The van der Waals surface area contributed by atoms with E-state index in [4.69, 9.17) is 9.84 Å². The second-order valence-electron chi connectivity index (χ2n) is 12.9. The van der Waals surface area contributed by atoms with Crippen LogP contribution in [0.1, 0.15) is 83.5 Å². The number of carbonyl (C=O) groups excluding carboxylic acids is 1. The summed E-state index contributed by atoms with van der Waals surface area (Å²) < 4.78 is 5.46.